The number of benzene rings is 1. The Labute approximate surface area is 101 Å². The highest BCUT2D eigenvalue weighted by Gasteiger charge is 2.12. The molecule has 0 amide bonds. The Kier molecular flexibility index (Phi) is 5.49. The zero-order valence-corrected chi connectivity index (χ0v) is 10.2. The highest BCUT2D eigenvalue weighted by atomic mass is 16.5. The monoisotopic (exact) mass is 238 g/mol. The van der Waals surface area contributed by atoms with E-state index < -0.39 is 6.10 Å². The minimum absolute atomic E-state index is 0.154. The molecular formula is C13H18O4. The van der Waals surface area contributed by atoms with Crippen molar-refractivity contribution in [1.29, 1.82) is 0 Å². The second-order valence-electron chi connectivity index (χ2n) is 3.60. The van der Waals surface area contributed by atoms with E-state index in [2.05, 4.69) is 0 Å². The third-order valence-corrected chi connectivity index (χ3v) is 2.33. The second-order valence-corrected chi connectivity index (χ2v) is 3.60. The third-order valence-electron chi connectivity index (χ3n) is 2.33. The third kappa shape index (κ3) is 3.75. The largest absolute Gasteiger partial charge is 0.490 e. The minimum atomic E-state index is -0.538. The summed E-state index contributed by atoms with van der Waals surface area (Å²) in [6.07, 6.45) is 0.785. The Morgan fingerprint density at radius 3 is 2.71 bits per heavy atom. The normalized spacial score (nSPS) is 11.9. The molecule has 0 aliphatic carbocycles. The molecule has 0 heterocycles. The molecule has 94 valence electrons. The van der Waals surface area contributed by atoms with Gasteiger partial charge in [0.25, 0.3) is 0 Å². The van der Waals surface area contributed by atoms with E-state index in [4.69, 9.17) is 9.47 Å². The van der Waals surface area contributed by atoms with Gasteiger partial charge in [-0.1, -0.05) is 13.0 Å². The van der Waals surface area contributed by atoms with Crippen molar-refractivity contribution in [2.75, 3.05) is 13.2 Å². The van der Waals surface area contributed by atoms with Crippen molar-refractivity contribution in [2.24, 2.45) is 0 Å². The van der Waals surface area contributed by atoms with Crippen molar-refractivity contribution in [3.05, 3.63) is 23.8 Å². The van der Waals surface area contributed by atoms with Gasteiger partial charge in [-0.3, -0.25) is 4.79 Å². The van der Waals surface area contributed by atoms with Gasteiger partial charge >= 0.3 is 0 Å². The van der Waals surface area contributed by atoms with Gasteiger partial charge in [0.1, 0.15) is 6.61 Å². The van der Waals surface area contributed by atoms with Gasteiger partial charge < -0.3 is 14.6 Å². The lowest BCUT2D eigenvalue weighted by atomic mass is 10.2. The molecule has 1 N–H and O–H groups in total. The maximum Gasteiger partial charge on any atom is 0.171 e. The van der Waals surface area contributed by atoms with Crippen molar-refractivity contribution in [1.82, 2.24) is 0 Å². The minimum Gasteiger partial charge on any atom is -0.490 e. The van der Waals surface area contributed by atoms with E-state index in [0.29, 0.717) is 30.1 Å². The van der Waals surface area contributed by atoms with Crippen LogP contribution in [0, 0.1) is 0 Å². The highest BCUT2D eigenvalue weighted by Crippen LogP contribution is 2.30. The zero-order valence-electron chi connectivity index (χ0n) is 10.2. The van der Waals surface area contributed by atoms with Crippen molar-refractivity contribution in [3.8, 4) is 11.5 Å². The predicted molar refractivity (Wildman–Crippen MR) is 64.8 cm³/mol. The molecule has 0 fully saturated rings. The van der Waals surface area contributed by atoms with E-state index in [1.165, 1.54) is 0 Å². The van der Waals surface area contributed by atoms with Crippen molar-refractivity contribution >= 4 is 6.29 Å². The summed E-state index contributed by atoms with van der Waals surface area (Å²) in [5, 5.41) is 9.45. The summed E-state index contributed by atoms with van der Waals surface area (Å²) in [5.41, 5.74) is 0.430. The van der Waals surface area contributed by atoms with Crippen LogP contribution in [0.5, 0.6) is 11.5 Å². The molecule has 17 heavy (non-hydrogen) atoms. The van der Waals surface area contributed by atoms with Crippen LogP contribution < -0.4 is 9.47 Å². The van der Waals surface area contributed by atoms with Crippen molar-refractivity contribution in [3.63, 3.8) is 0 Å². The molecule has 0 radical (unpaired) electrons. The van der Waals surface area contributed by atoms with Crippen LogP contribution >= 0.6 is 0 Å². The van der Waals surface area contributed by atoms with Crippen LogP contribution in [-0.4, -0.2) is 30.7 Å². The summed E-state index contributed by atoms with van der Waals surface area (Å²) in [6.45, 7) is 4.37. The van der Waals surface area contributed by atoms with Gasteiger partial charge in [0.05, 0.1) is 18.3 Å². The van der Waals surface area contributed by atoms with Crippen molar-refractivity contribution in [2.45, 2.75) is 26.4 Å². The molecular weight excluding hydrogens is 220 g/mol. The first-order valence-electron chi connectivity index (χ1n) is 5.74. The molecule has 0 aliphatic heterocycles. The van der Waals surface area contributed by atoms with Gasteiger partial charge in [0.15, 0.2) is 17.8 Å². The number of aldehydes is 1. The molecule has 1 aromatic carbocycles. The summed E-state index contributed by atoms with van der Waals surface area (Å²) in [5.74, 6) is 0.928. The maximum atomic E-state index is 10.9. The fourth-order valence-electron chi connectivity index (χ4n) is 1.35. The van der Waals surface area contributed by atoms with Crippen LogP contribution in [0.15, 0.2) is 18.2 Å². The maximum absolute atomic E-state index is 10.9. The first-order valence-corrected chi connectivity index (χ1v) is 5.74. The Bertz CT molecular complexity index is 362. The molecule has 0 aliphatic rings. The molecule has 1 atom stereocenters. The first kappa shape index (κ1) is 13.5. The number of carbonyl (C=O) groups is 1. The lowest BCUT2D eigenvalue weighted by molar-refractivity contribution is 0.0993. The molecule has 0 saturated heterocycles. The molecule has 1 aromatic rings. The second kappa shape index (κ2) is 6.91. The molecule has 0 saturated carbocycles. The SMILES string of the molecule is CCOc1cccc(C=O)c1OCC(O)CC. The molecule has 1 unspecified atom stereocenters. The van der Waals surface area contributed by atoms with E-state index in [9.17, 15) is 9.90 Å². The van der Waals surface area contributed by atoms with Gasteiger partial charge in [0.2, 0.25) is 0 Å². The first-order chi connectivity index (χ1) is 8.22. The Morgan fingerprint density at radius 1 is 1.35 bits per heavy atom. The van der Waals surface area contributed by atoms with Crippen molar-refractivity contribution < 1.29 is 19.4 Å². The summed E-state index contributed by atoms with van der Waals surface area (Å²) in [4.78, 5) is 10.9. The number of ether oxygens (including phenoxy) is 2. The number of aliphatic hydroxyl groups is 1. The number of hydrogen-bond acceptors (Lipinski definition) is 4. The average Bonchev–Trinajstić information content (AvgIpc) is 2.36. The zero-order chi connectivity index (χ0) is 12.7. The van der Waals surface area contributed by atoms with Crippen LogP contribution in [0.2, 0.25) is 0 Å². The van der Waals surface area contributed by atoms with E-state index in [1.807, 2.05) is 13.8 Å². The topological polar surface area (TPSA) is 55.8 Å². The quantitative estimate of drug-likeness (QED) is 0.739. The fraction of sp³-hybridized carbons (Fsp3) is 0.462. The van der Waals surface area contributed by atoms with Crippen LogP contribution in [0.3, 0.4) is 0 Å². The van der Waals surface area contributed by atoms with Gasteiger partial charge in [-0.15, -0.1) is 0 Å². The Hall–Kier alpha value is -1.55. The smallest absolute Gasteiger partial charge is 0.171 e. The fourth-order valence-corrected chi connectivity index (χ4v) is 1.35. The Balaban J connectivity index is 2.88. The lowest BCUT2D eigenvalue weighted by Crippen LogP contribution is -2.17. The molecule has 0 aromatic heterocycles. The van der Waals surface area contributed by atoms with E-state index in [0.717, 1.165) is 6.29 Å². The van der Waals surface area contributed by atoms with Gasteiger partial charge in [-0.05, 0) is 25.5 Å². The molecule has 0 spiro atoms. The number of aliphatic hydroxyl groups excluding tert-OH is 1. The van der Waals surface area contributed by atoms with Gasteiger partial charge in [-0.25, -0.2) is 0 Å². The van der Waals surface area contributed by atoms with Gasteiger partial charge in [0, 0.05) is 0 Å². The van der Waals surface area contributed by atoms with Crippen LogP contribution in [0.25, 0.3) is 0 Å². The molecule has 1 rings (SSSR count). The van der Waals surface area contributed by atoms with E-state index >= 15 is 0 Å². The number of para-hydroxylation sites is 1. The summed E-state index contributed by atoms with van der Waals surface area (Å²) < 4.78 is 10.8. The standard InChI is InChI=1S/C13H18O4/c1-3-11(15)9-17-13-10(8-14)6-5-7-12(13)16-4-2/h5-8,11,15H,3-4,9H2,1-2H3. The van der Waals surface area contributed by atoms with Crippen LogP contribution in [0.1, 0.15) is 30.6 Å². The Morgan fingerprint density at radius 2 is 2.12 bits per heavy atom. The predicted octanol–water partition coefficient (Wildman–Crippen LogP) is 2.05. The van der Waals surface area contributed by atoms with Crippen LogP contribution in [-0.2, 0) is 0 Å². The summed E-state index contributed by atoms with van der Waals surface area (Å²) in [6, 6.07) is 5.13. The lowest BCUT2D eigenvalue weighted by Gasteiger charge is -2.15. The van der Waals surface area contributed by atoms with Gasteiger partial charge in [-0.2, -0.15) is 0 Å². The molecule has 4 nitrogen and oxygen atoms in total. The summed E-state index contributed by atoms with van der Waals surface area (Å²) in [7, 11) is 0. The van der Waals surface area contributed by atoms with E-state index in [1.54, 1.807) is 18.2 Å². The number of hydrogen-bond donors (Lipinski definition) is 1. The molecule has 0 bridgehead atoms. The average molecular weight is 238 g/mol. The number of rotatable bonds is 7. The number of carbonyl (C=O) groups excluding carboxylic acids is 1. The molecule has 4 heteroatoms. The highest BCUT2D eigenvalue weighted by molar-refractivity contribution is 5.81. The van der Waals surface area contributed by atoms with E-state index in [-0.39, 0.29) is 6.61 Å². The summed E-state index contributed by atoms with van der Waals surface area (Å²) >= 11 is 0. The van der Waals surface area contributed by atoms with Crippen LogP contribution in [0.4, 0.5) is 0 Å².